The summed E-state index contributed by atoms with van der Waals surface area (Å²) in [6, 6.07) is 34.0. The molecule has 142 valence electrons. The van der Waals surface area contributed by atoms with Crippen molar-refractivity contribution in [2.24, 2.45) is 0 Å². The molecule has 0 atom stereocenters. The van der Waals surface area contributed by atoms with Crippen molar-refractivity contribution < 1.29 is 9.84 Å². The summed E-state index contributed by atoms with van der Waals surface area (Å²) in [4.78, 5) is 2.21. The van der Waals surface area contributed by atoms with Crippen LogP contribution in [0.2, 0.25) is 0 Å². The Morgan fingerprint density at radius 1 is 0.655 bits per heavy atom. The first-order chi connectivity index (χ1) is 14.2. The van der Waals surface area contributed by atoms with Gasteiger partial charge in [-0.1, -0.05) is 66.7 Å². The molecule has 0 radical (unpaired) electrons. The number of aliphatic hydroxyl groups is 1. The monoisotopic (exact) mass is 379 g/mol. The predicted octanol–water partition coefficient (Wildman–Crippen LogP) is 5.76. The molecule has 0 spiro atoms. The zero-order chi connectivity index (χ0) is 19.8. The van der Waals surface area contributed by atoms with Gasteiger partial charge in [0.1, 0.15) is 11.4 Å². The third-order valence-corrected chi connectivity index (χ3v) is 5.59. The lowest BCUT2D eigenvalue weighted by Crippen LogP contribution is -2.36. The van der Waals surface area contributed by atoms with Gasteiger partial charge < -0.3 is 14.7 Å². The summed E-state index contributed by atoms with van der Waals surface area (Å²) in [5.74, 6) is 0.764. The molecule has 1 heterocycles. The molecule has 0 aromatic heterocycles. The molecular weight excluding hydrogens is 358 g/mol. The third-order valence-electron chi connectivity index (χ3n) is 5.59. The van der Waals surface area contributed by atoms with Gasteiger partial charge in [-0.2, -0.15) is 0 Å². The molecule has 1 N–H and O–H groups in total. The van der Waals surface area contributed by atoms with Gasteiger partial charge in [0.15, 0.2) is 0 Å². The third kappa shape index (κ3) is 2.63. The number of para-hydroxylation sites is 3. The van der Waals surface area contributed by atoms with Gasteiger partial charge in [0.2, 0.25) is 0 Å². The Bertz CT molecular complexity index is 1110. The standard InChI is InChI=1S/C26H21NO2/c1-29-21-17-15-19(16-18-21)26(28)22-11-5-7-13-24(22)27(20-9-3-2-4-10-20)25-14-8-6-12-23(25)26/h2-18,28H,1H3. The van der Waals surface area contributed by atoms with Gasteiger partial charge in [0.05, 0.1) is 18.5 Å². The highest BCUT2D eigenvalue weighted by atomic mass is 16.5. The van der Waals surface area contributed by atoms with Crippen molar-refractivity contribution in [1.29, 1.82) is 0 Å². The van der Waals surface area contributed by atoms with E-state index in [0.717, 1.165) is 39.5 Å². The number of benzene rings is 4. The largest absolute Gasteiger partial charge is 0.497 e. The summed E-state index contributed by atoms with van der Waals surface area (Å²) in [7, 11) is 1.65. The second kappa shape index (κ2) is 6.80. The van der Waals surface area contributed by atoms with E-state index in [1.807, 2.05) is 78.9 Å². The quantitative estimate of drug-likeness (QED) is 0.491. The van der Waals surface area contributed by atoms with Crippen molar-refractivity contribution >= 4 is 17.1 Å². The van der Waals surface area contributed by atoms with Crippen LogP contribution in [0.1, 0.15) is 16.7 Å². The van der Waals surface area contributed by atoms with E-state index in [4.69, 9.17) is 4.74 Å². The summed E-state index contributed by atoms with van der Waals surface area (Å²) in [5.41, 5.74) is 4.26. The van der Waals surface area contributed by atoms with Gasteiger partial charge in [-0.3, -0.25) is 0 Å². The number of rotatable bonds is 3. The van der Waals surface area contributed by atoms with Gasteiger partial charge in [-0.25, -0.2) is 0 Å². The van der Waals surface area contributed by atoms with Crippen molar-refractivity contribution in [3.05, 3.63) is 120 Å². The fourth-order valence-corrected chi connectivity index (χ4v) is 4.22. The van der Waals surface area contributed by atoms with Gasteiger partial charge in [0.25, 0.3) is 0 Å². The Kier molecular flexibility index (Phi) is 4.11. The van der Waals surface area contributed by atoms with E-state index in [0.29, 0.717) is 0 Å². The molecule has 4 aromatic carbocycles. The van der Waals surface area contributed by atoms with E-state index in [1.165, 1.54) is 0 Å². The molecular formula is C26H21NO2. The minimum Gasteiger partial charge on any atom is -0.497 e. The first-order valence-corrected chi connectivity index (χ1v) is 9.64. The maximum Gasteiger partial charge on any atom is 0.144 e. The van der Waals surface area contributed by atoms with E-state index in [9.17, 15) is 5.11 Å². The lowest BCUT2D eigenvalue weighted by molar-refractivity contribution is 0.125. The summed E-state index contributed by atoms with van der Waals surface area (Å²) in [6.45, 7) is 0. The van der Waals surface area contributed by atoms with Crippen LogP contribution in [0.4, 0.5) is 17.1 Å². The number of ether oxygens (including phenoxy) is 1. The molecule has 0 saturated carbocycles. The summed E-state index contributed by atoms with van der Waals surface area (Å²) in [5, 5.41) is 12.2. The topological polar surface area (TPSA) is 32.7 Å². The van der Waals surface area contributed by atoms with Crippen LogP contribution in [0.15, 0.2) is 103 Å². The first kappa shape index (κ1) is 17.5. The van der Waals surface area contributed by atoms with Gasteiger partial charge in [-0.15, -0.1) is 0 Å². The molecule has 1 aliphatic rings. The van der Waals surface area contributed by atoms with Crippen LogP contribution in [-0.4, -0.2) is 12.2 Å². The van der Waals surface area contributed by atoms with E-state index < -0.39 is 5.60 Å². The fraction of sp³-hybridized carbons (Fsp3) is 0.0769. The number of methoxy groups -OCH3 is 1. The normalized spacial score (nSPS) is 14.1. The molecule has 0 amide bonds. The minimum absolute atomic E-state index is 0.764. The van der Waals surface area contributed by atoms with Crippen molar-refractivity contribution in [2.75, 3.05) is 12.0 Å². The Balaban J connectivity index is 1.81. The maximum absolute atomic E-state index is 12.2. The van der Waals surface area contributed by atoms with Crippen LogP contribution in [0.5, 0.6) is 5.75 Å². The zero-order valence-corrected chi connectivity index (χ0v) is 16.1. The van der Waals surface area contributed by atoms with E-state index in [2.05, 4.69) is 29.2 Å². The molecule has 4 aromatic rings. The zero-order valence-electron chi connectivity index (χ0n) is 16.1. The second-order valence-electron chi connectivity index (χ2n) is 7.14. The molecule has 0 saturated heterocycles. The molecule has 0 bridgehead atoms. The molecule has 0 unspecified atom stereocenters. The maximum atomic E-state index is 12.2. The van der Waals surface area contributed by atoms with Crippen molar-refractivity contribution in [3.63, 3.8) is 0 Å². The summed E-state index contributed by atoms with van der Waals surface area (Å²) >= 11 is 0. The smallest absolute Gasteiger partial charge is 0.144 e. The highest BCUT2D eigenvalue weighted by Crippen LogP contribution is 2.53. The Hall–Kier alpha value is -3.56. The van der Waals surface area contributed by atoms with Gasteiger partial charge in [0, 0.05) is 16.8 Å². The van der Waals surface area contributed by atoms with E-state index in [1.54, 1.807) is 7.11 Å². The average Bonchev–Trinajstić information content (AvgIpc) is 2.80. The van der Waals surface area contributed by atoms with Crippen LogP contribution in [0, 0.1) is 0 Å². The Morgan fingerprint density at radius 3 is 1.72 bits per heavy atom. The molecule has 1 aliphatic heterocycles. The highest BCUT2D eigenvalue weighted by molar-refractivity contribution is 5.86. The number of fused-ring (bicyclic) bond motifs is 2. The lowest BCUT2D eigenvalue weighted by Gasteiger charge is -2.42. The molecule has 0 fully saturated rings. The van der Waals surface area contributed by atoms with Crippen LogP contribution in [0.25, 0.3) is 0 Å². The molecule has 0 aliphatic carbocycles. The predicted molar refractivity (Wildman–Crippen MR) is 116 cm³/mol. The molecule has 5 rings (SSSR count). The minimum atomic E-state index is -1.26. The summed E-state index contributed by atoms with van der Waals surface area (Å²) < 4.78 is 5.31. The van der Waals surface area contributed by atoms with Crippen molar-refractivity contribution in [3.8, 4) is 5.75 Å². The second-order valence-corrected chi connectivity index (χ2v) is 7.14. The number of nitrogens with zero attached hydrogens (tertiary/aromatic N) is 1. The Labute approximate surface area is 170 Å². The number of anilines is 3. The fourth-order valence-electron chi connectivity index (χ4n) is 4.22. The average molecular weight is 379 g/mol. The SMILES string of the molecule is COc1ccc(C2(O)c3ccccc3N(c3ccccc3)c3ccccc32)cc1. The molecule has 3 heteroatoms. The van der Waals surface area contributed by atoms with Crippen LogP contribution < -0.4 is 9.64 Å². The van der Waals surface area contributed by atoms with Crippen molar-refractivity contribution in [1.82, 2.24) is 0 Å². The highest BCUT2D eigenvalue weighted by Gasteiger charge is 2.43. The van der Waals surface area contributed by atoms with Crippen molar-refractivity contribution in [2.45, 2.75) is 5.60 Å². The number of hydrogen-bond acceptors (Lipinski definition) is 3. The Morgan fingerprint density at radius 2 is 1.17 bits per heavy atom. The van der Waals surface area contributed by atoms with Crippen LogP contribution in [0.3, 0.4) is 0 Å². The first-order valence-electron chi connectivity index (χ1n) is 9.64. The van der Waals surface area contributed by atoms with Gasteiger partial charge >= 0.3 is 0 Å². The number of hydrogen-bond donors (Lipinski definition) is 1. The summed E-state index contributed by atoms with van der Waals surface area (Å²) in [6.07, 6.45) is 0. The van der Waals surface area contributed by atoms with E-state index in [-0.39, 0.29) is 0 Å². The lowest BCUT2D eigenvalue weighted by atomic mass is 9.76. The van der Waals surface area contributed by atoms with Crippen LogP contribution >= 0.6 is 0 Å². The van der Waals surface area contributed by atoms with E-state index >= 15 is 0 Å². The van der Waals surface area contributed by atoms with Gasteiger partial charge in [-0.05, 0) is 42.0 Å². The van der Waals surface area contributed by atoms with Crippen LogP contribution in [-0.2, 0) is 5.60 Å². The molecule has 3 nitrogen and oxygen atoms in total. The molecule has 29 heavy (non-hydrogen) atoms.